The zero-order valence-corrected chi connectivity index (χ0v) is 18.4. The Morgan fingerprint density at radius 3 is 2.55 bits per heavy atom. The van der Waals surface area contributed by atoms with Gasteiger partial charge in [-0.3, -0.25) is 9.56 Å². The molecule has 0 saturated carbocycles. The quantitative estimate of drug-likeness (QED) is 0.560. The summed E-state index contributed by atoms with van der Waals surface area (Å²) in [5.74, 6) is 0.991. The van der Waals surface area contributed by atoms with Crippen LogP contribution in [0.5, 0.6) is 5.88 Å². The lowest BCUT2D eigenvalue weighted by atomic mass is 10.0. The van der Waals surface area contributed by atoms with Crippen LogP contribution in [0, 0.1) is 0 Å². The van der Waals surface area contributed by atoms with E-state index in [0.29, 0.717) is 17.1 Å². The summed E-state index contributed by atoms with van der Waals surface area (Å²) in [6.45, 7) is 1.06. The fourth-order valence-corrected chi connectivity index (χ4v) is 3.82. The molecule has 0 amide bonds. The predicted molar refractivity (Wildman–Crippen MR) is 120 cm³/mol. The number of para-hydroxylation sites is 1. The van der Waals surface area contributed by atoms with E-state index in [1.54, 1.807) is 0 Å². The van der Waals surface area contributed by atoms with E-state index in [1.165, 1.54) is 7.11 Å². The number of carbonyl (C=O) groups is 1. The molecule has 0 fully saturated rings. The van der Waals surface area contributed by atoms with E-state index in [-0.39, 0.29) is 12.4 Å². The molecule has 1 aromatic heterocycles. The summed E-state index contributed by atoms with van der Waals surface area (Å²) in [6, 6.07) is 15.6. The zero-order chi connectivity index (χ0) is 22.0. The number of aromatic nitrogens is 2. The molecule has 160 valence electrons. The van der Waals surface area contributed by atoms with E-state index >= 15 is 0 Å². The summed E-state index contributed by atoms with van der Waals surface area (Å²) >= 11 is 6.51. The van der Waals surface area contributed by atoms with Crippen LogP contribution >= 0.6 is 11.6 Å². The average Bonchev–Trinajstić information content (AvgIpc) is 3.00. The van der Waals surface area contributed by atoms with Gasteiger partial charge in [0.1, 0.15) is 11.5 Å². The number of aliphatic imine (C=N–C) groups is 1. The van der Waals surface area contributed by atoms with Crippen LogP contribution in [0.3, 0.4) is 0 Å². The van der Waals surface area contributed by atoms with E-state index in [1.807, 2.05) is 67.2 Å². The van der Waals surface area contributed by atoms with Crippen molar-refractivity contribution in [2.45, 2.75) is 13.0 Å². The van der Waals surface area contributed by atoms with Crippen molar-refractivity contribution in [1.29, 1.82) is 0 Å². The van der Waals surface area contributed by atoms with Gasteiger partial charge in [0.2, 0.25) is 5.88 Å². The first-order valence-electron chi connectivity index (χ1n) is 9.89. The lowest BCUT2D eigenvalue weighted by Gasteiger charge is -2.15. The van der Waals surface area contributed by atoms with Gasteiger partial charge in [0.15, 0.2) is 0 Å². The molecule has 8 heteroatoms. The van der Waals surface area contributed by atoms with Crippen molar-refractivity contribution in [2.24, 2.45) is 4.99 Å². The Balaban J connectivity index is 1.91. The lowest BCUT2D eigenvalue weighted by Crippen LogP contribution is -2.18. The highest BCUT2D eigenvalue weighted by Gasteiger charge is 2.27. The summed E-state index contributed by atoms with van der Waals surface area (Å²) in [5.41, 5.74) is 4.17. The van der Waals surface area contributed by atoms with E-state index in [2.05, 4.69) is 14.6 Å². The molecule has 1 aliphatic rings. The maximum absolute atomic E-state index is 11.8. The van der Waals surface area contributed by atoms with Crippen LogP contribution in [-0.4, -0.2) is 54.1 Å². The number of rotatable bonds is 5. The van der Waals surface area contributed by atoms with Gasteiger partial charge in [-0.05, 0) is 26.2 Å². The normalized spacial score (nSPS) is 12.6. The number of ether oxygens (including phenoxy) is 2. The third-order valence-corrected chi connectivity index (χ3v) is 5.38. The molecule has 7 nitrogen and oxygen atoms in total. The van der Waals surface area contributed by atoms with E-state index < -0.39 is 6.16 Å². The molecule has 0 saturated heterocycles. The molecular formula is C23H23ClN4O3. The minimum absolute atomic E-state index is 0.208. The van der Waals surface area contributed by atoms with Crippen molar-refractivity contribution in [2.75, 3.05) is 27.7 Å². The fraction of sp³-hybridized carbons (Fsp3) is 0.261. The van der Waals surface area contributed by atoms with Gasteiger partial charge in [-0.25, -0.2) is 4.79 Å². The van der Waals surface area contributed by atoms with Crippen molar-refractivity contribution in [3.8, 4) is 11.6 Å². The van der Waals surface area contributed by atoms with Crippen molar-refractivity contribution < 1.29 is 14.3 Å². The minimum atomic E-state index is -0.812. The van der Waals surface area contributed by atoms with Crippen LogP contribution in [0.1, 0.15) is 22.6 Å². The first-order valence-corrected chi connectivity index (χ1v) is 10.3. The van der Waals surface area contributed by atoms with Crippen molar-refractivity contribution >= 4 is 23.5 Å². The van der Waals surface area contributed by atoms with Gasteiger partial charge in [-0.2, -0.15) is 4.98 Å². The van der Waals surface area contributed by atoms with Crippen LogP contribution in [0.25, 0.3) is 5.69 Å². The molecule has 31 heavy (non-hydrogen) atoms. The minimum Gasteiger partial charge on any atom is -0.437 e. The first kappa shape index (κ1) is 21.1. The second-order valence-corrected chi connectivity index (χ2v) is 7.79. The Morgan fingerprint density at radius 1 is 1.13 bits per heavy atom. The molecule has 3 aromatic rings. The Morgan fingerprint density at radius 2 is 1.84 bits per heavy atom. The van der Waals surface area contributed by atoms with E-state index in [0.717, 1.165) is 34.9 Å². The van der Waals surface area contributed by atoms with Gasteiger partial charge in [0.25, 0.3) is 0 Å². The molecule has 0 spiro atoms. The summed E-state index contributed by atoms with van der Waals surface area (Å²) in [4.78, 5) is 23.4. The number of likely N-dealkylation sites (N-methyl/N-ethyl adjacent to an activating group) is 1. The summed E-state index contributed by atoms with van der Waals surface area (Å²) in [5, 5.41) is 0.625. The number of halogens is 1. The summed E-state index contributed by atoms with van der Waals surface area (Å²) in [7, 11) is 5.28. The van der Waals surface area contributed by atoms with Crippen LogP contribution in [-0.2, 0) is 17.7 Å². The van der Waals surface area contributed by atoms with Crippen molar-refractivity contribution in [1.82, 2.24) is 14.5 Å². The third-order valence-electron chi connectivity index (χ3n) is 5.05. The van der Waals surface area contributed by atoms with Gasteiger partial charge in [-0.1, -0.05) is 48.0 Å². The lowest BCUT2D eigenvalue weighted by molar-refractivity contribution is 0.119. The fourth-order valence-electron chi connectivity index (χ4n) is 3.59. The number of methoxy groups -OCH3 is 1. The predicted octanol–water partition coefficient (Wildman–Crippen LogP) is 4.13. The molecule has 0 radical (unpaired) electrons. The topological polar surface area (TPSA) is 69.0 Å². The highest BCUT2D eigenvalue weighted by Crippen LogP contribution is 2.33. The van der Waals surface area contributed by atoms with Gasteiger partial charge in [0.05, 0.1) is 25.1 Å². The molecule has 1 aliphatic heterocycles. The smallest absolute Gasteiger partial charge is 0.437 e. The SMILES string of the molecule is COC(=O)Oc1nc(CCN(C)C)n2c1CN=C(c1ccccc1Cl)c1ccccc1-2. The van der Waals surface area contributed by atoms with Gasteiger partial charge in [-0.15, -0.1) is 0 Å². The van der Waals surface area contributed by atoms with Crippen LogP contribution in [0.2, 0.25) is 5.02 Å². The number of fused-ring (bicyclic) bond motifs is 3. The first-order chi connectivity index (χ1) is 15.0. The molecule has 0 unspecified atom stereocenters. The highest BCUT2D eigenvalue weighted by atomic mass is 35.5. The van der Waals surface area contributed by atoms with Crippen LogP contribution in [0.4, 0.5) is 4.79 Å². The Labute approximate surface area is 185 Å². The van der Waals surface area contributed by atoms with E-state index in [4.69, 9.17) is 21.3 Å². The third kappa shape index (κ3) is 4.19. The summed E-state index contributed by atoms with van der Waals surface area (Å²) in [6.07, 6.45) is -0.145. The number of imidazole rings is 1. The molecule has 4 rings (SSSR count). The number of benzene rings is 2. The zero-order valence-electron chi connectivity index (χ0n) is 17.6. The second kappa shape index (κ2) is 8.91. The van der Waals surface area contributed by atoms with Crippen molar-refractivity contribution in [3.05, 3.63) is 76.2 Å². The van der Waals surface area contributed by atoms with Gasteiger partial charge >= 0.3 is 6.16 Å². The molecule has 0 bridgehead atoms. The maximum Gasteiger partial charge on any atom is 0.514 e. The number of hydrogen-bond acceptors (Lipinski definition) is 6. The Kier molecular flexibility index (Phi) is 6.06. The summed E-state index contributed by atoms with van der Waals surface area (Å²) < 4.78 is 12.1. The monoisotopic (exact) mass is 438 g/mol. The maximum atomic E-state index is 11.8. The van der Waals surface area contributed by atoms with Crippen molar-refractivity contribution in [3.63, 3.8) is 0 Å². The molecule has 2 aromatic carbocycles. The molecular weight excluding hydrogens is 416 g/mol. The number of hydrogen-bond donors (Lipinski definition) is 0. The van der Waals surface area contributed by atoms with Crippen LogP contribution < -0.4 is 4.74 Å². The average molecular weight is 439 g/mol. The van der Waals surface area contributed by atoms with Crippen LogP contribution in [0.15, 0.2) is 53.5 Å². The van der Waals surface area contributed by atoms with Gasteiger partial charge in [0, 0.05) is 29.1 Å². The number of nitrogens with zero attached hydrogens (tertiary/aromatic N) is 4. The Bertz CT molecular complexity index is 1150. The van der Waals surface area contributed by atoms with Gasteiger partial charge < -0.3 is 14.4 Å². The molecule has 2 heterocycles. The molecule has 0 aliphatic carbocycles. The molecule has 0 atom stereocenters. The second-order valence-electron chi connectivity index (χ2n) is 7.39. The van der Waals surface area contributed by atoms with E-state index in [9.17, 15) is 4.79 Å². The molecule has 0 N–H and O–H groups in total. The Hall–Kier alpha value is -3.16. The highest BCUT2D eigenvalue weighted by molar-refractivity contribution is 6.35. The number of carbonyl (C=O) groups excluding carboxylic acids is 1. The standard InChI is InChI=1S/C23H23ClN4O3/c1-27(2)13-12-20-26-22(31-23(29)30-3)19-14-25-21(15-8-4-6-10-17(15)24)16-9-5-7-11-18(16)28(19)20/h4-11H,12-14H2,1-3H3. The largest absolute Gasteiger partial charge is 0.514 e.